The summed E-state index contributed by atoms with van der Waals surface area (Å²) in [7, 11) is 2.01. The quantitative estimate of drug-likeness (QED) is 0.787. The van der Waals surface area contributed by atoms with Gasteiger partial charge in [-0.15, -0.1) is 0 Å². The van der Waals surface area contributed by atoms with Crippen molar-refractivity contribution in [2.75, 3.05) is 0 Å². The van der Waals surface area contributed by atoms with Gasteiger partial charge in [0.25, 0.3) is 0 Å². The summed E-state index contributed by atoms with van der Waals surface area (Å²) in [4.78, 5) is 0. The average molecular weight is 193 g/mol. The summed E-state index contributed by atoms with van der Waals surface area (Å²) in [6.07, 6.45) is 2.80. The lowest BCUT2D eigenvalue weighted by molar-refractivity contribution is 0.483. The van der Waals surface area contributed by atoms with Crippen LogP contribution in [0.4, 0.5) is 0 Å². The molecule has 1 aliphatic rings. The van der Waals surface area contributed by atoms with Gasteiger partial charge in [0.05, 0.1) is 11.4 Å². The van der Waals surface area contributed by atoms with Gasteiger partial charge in [0.15, 0.2) is 0 Å². The zero-order valence-electron chi connectivity index (χ0n) is 9.25. The highest BCUT2D eigenvalue weighted by molar-refractivity contribution is 5.08. The Kier molecular flexibility index (Phi) is 2.59. The molecule has 2 rings (SSSR count). The molecule has 0 aliphatic heterocycles. The topological polar surface area (TPSA) is 29.9 Å². The van der Waals surface area contributed by atoms with Gasteiger partial charge in [-0.2, -0.15) is 5.10 Å². The number of rotatable bonds is 4. The molecule has 1 aromatic rings. The summed E-state index contributed by atoms with van der Waals surface area (Å²) in [5, 5.41) is 7.88. The normalized spacial score (nSPS) is 18.5. The fourth-order valence-electron chi connectivity index (χ4n) is 1.86. The third-order valence-corrected chi connectivity index (χ3v) is 3.03. The molecule has 14 heavy (non-hydrogen) atoms. The molecule has 1 N–H and O–H groups in total. The first-order chi connectivity index (χ1) is 6.66. The largest absolute Gasteiger partial charge is 0.308 e. The highest BCUT2D eigenvalue weighted by Crippen LogP contribution is 2.32. The molecule has 0 saturated heterocycles. The van der Waals surface area contributed by atoms with E-state index < -0.39 is 0 Å². The van der Waals surface area contributed by atoms with Crippen molar-refractivity contribution in [2.24, 2.45) is 13.0 Å². The van der Waals surface area contributed by atoms with E-state index in [0.717, 1.165) is 18.2 Å². The first-order valence-electron chi connectivity index (χ1n) is 5.39. The monoisotopic (exact) mass is 193 g/mol. The van der Waals surface area contributed by atoms with Crippen LogP contribution in [0.15, 0.2) is 6.07 Å². The fraction of sp³-hybridized carbons (Fsp3) is 0.727. The van der Waals surface area contributed by atoms with E-state index in [4.69, 9.17) is 0 Å². The van der Waals surface area contributed by atoms with Crippen molar-refractivity contribution in [3.8, 4) is 0 Å². The van der Waals surface area contributed by atoms with Gasteiger partial charge in [0, 0.05) is 19.6 Å². The number of aryl methyl sites for hydroxylation is 2. The Morgan fingerprint density at radius 2 is 2.36 bits per heavy atom. The van der Waals surface area contributed by atoms with Gasteiger partial charge in [-0.1, -0.05) is 0 Å². The Morgan fingerprint density at radius 1 is 1.64 bits per heavy atom. The minimum Gasteiger partial charge on any atom is -0.308 e. The molecular formula is C11H19N3. The van der Waals surface area contributed by atoms with E-state index in [0.29, 0.717) is 6.04 Å². The number of hydrogen-bond acceptors (Lipinski definition) is 2. The van der Waals surface area contributed by atoms with E-state index in [1.54, 1.807) is 0 Å². The van der Waals surface area contributed by atoms with Crippen molar-refractivity contribution in [1.29, 1.82) is 0 Å². The summed E-state index contributed by atoms with van der Waals surface area (Å²) in [5.74, 6) is 0.921. The predicted molar refractivity (Wildman–Crippen MR) is 57.0 cm³/mol. The standard InChI is InChI=1S/C11H19N3/c1-8-6-11(14(3)13-8)7-12-9(2)10-4-5-10/h6,9-10,12H,4-5,7H2,1-3H3. The van der Waals surface area contributed by atoms with Crippen LogP contribution in [0.5, 0.6) is 0 Å². The van der Waals surface area contributed by atoms with Crippen molar-refractivity contribution in [3.63, 3.8) is 0 Å². The smallest absolute Gasteiger partial charge is 0.0597 e. The molecule has 1 unspecified atom stereocenters. The van der Waals surface area contributed by atoms with Crippen molar-refractivity contribution in [3.05, 3.63) is 17.5 Å². The third kappa shape index (κ3) is 2.15. The maximum atomic E-state index is 4.33. The van der Waals surface area contributed by atoms with Gasteiger partial charge >= 0.3 is 0 Å². The van der Waals surface area contributed by atoms with Crippen molar-refractivity contribution < 1.29 is 0 Å². The van der Waals surface area contributed by atoms with Crippen LogP contribution < -0.4 is 5.32 Å². The molecule has 1 fully saturated rings. The van der Waals surface area contributed by atoms with Gasteiger partial charge in [0.2, 0.25) is 0 Å². The Labute approximate surface area is 85.5 Å². The molecule has 1 atom stereocenters. The van der Waals surface area contributed by atoms with Crippen molar-refractivity contribution >= 4 is 0 Å². The Morgan fingerprint density at radius 3 is 2.86 bits per heavy atom. The van der Waals surface area contributed by atoms with Gasteiger partial charge < -0.3 is 5.32 Å². The highest BCUT2D eigenvalue weighted by Gasteiger charge is 2.27. The van der Waals surface area contributed by atoms with Gasteiger partial charge in [-0.25, -0.2) is 0 Å². The first kappa shape index (κ1) is 9.71. The molecule has 3 heteroatoms. The van der Waals surface area contributed by atoms with Crippen LogP contribution in [0.2, 0.25) is 0 Å². The molecule has 0 aromatic carbocycles. The van der Waals surface area contributed by atoms with Gasteiger partial charge in [0.1, 0.15) is 0 Å². The lowest BCUT2D eigenvalue weighted by Crippen LogP contribution is -2.28. The SMILES string of the molecule is Cc1cc(CNC(C)C2CC2)n(C)n1. The minimum atomic E-state index is 0.658. The molecule has 1 saturated carbocycles. The second-order valence-electron chi connectivity index (χ2n) is 4.41. The van der Waals surface area contributed by atoms with Crippen LogP contribution >= 0.6 is 0 Å². The van der Waals surface area contributed by atoms with Crippen molar-refractivity contribution in [1.82, 2.24) is 15.1 Å². The molecule has 1 aromatic heterocycles. The van der Waals surface area contributed by atoms with Crippen LogP contribution in [0.3, 0.4) is 0 Å². The molecule has 0 radical (unpaired) electrons. The summed E-state index contributed by atoms with van der Waals surface area (Å²) in [6, 6.07) is 2.80. The molecule has 1 aliphatic carbocycles. The van der Waals surface area contributed by atoms with Crippen molar-refractivity contribution in [2.45, 2.75) is 39.3 Å². The van der Waals surface area contributed by atoms with E-state index in [1.165, 1.54) is 18.5 Å². The average Bonchev–Trinajstić information content (AvgIpc) is 2.90. The number of aromatic nitrogens is 2. The zero-order valence-corrected chi connectivity index (χ0v) is 9.25. The third-order valence-electron chi connectivity index (χ3n) is 3.03. The number of nitrogens with one attached hydrogen (secondary N) is 1. The summed E-state index contributed by atoms with van der Waals surface area (Å²) in [6.45, 7) is 5.25. The second-order valence-corrected chi connectivity index (χ2v) is 4.41. The Hall–Kier alpha value is -0.830. The van der Waals surface area contributed by atoms with E-state index in [2.05, 4.69) is 23.4 Å². The molecule has 3 nitrogen and oxygen atoms in total. The molecule has 0 bridgehead atoms. The Balaban J connectivity index is 1.87. The van der Waals surface area contributed by atoms with Crippen LogP contribution in [-0.4, -0.2) is 15.8 Å². The molecule has 0 amide bonds. The lowest BCUT2D eigenvalue weighted by Gasteiger charge is -2.12. The summed E-state index contributed by atoms with van der Waals surface area (Å²) in [5.41, 5.74) is 2.37. The van der Waals surface area contributed by atoms with Crippen LogP contribution in [0, 0.1) is 12.8 Å². The Bertz CT molecular complexity index is 312. The minimum absolute atomic E-state index is 0.658. The molecule has 0 spiro atoms. The summed E-state index contributed by atoms with van der Waals surface area (Å²) < 4.78 is 1.96. The second kappa shape index (κ2) is 3.73. The molecule has 1 heterocycles. The highest BCUT2D eigenvalue weighted by atomic mass is 15.3. The maximum Gasteiger partial charge on any atom is 0.0597 e. The summed E-state index contributed by atoms with van der Waals surface area (Å²) >= 11 is 0. The zero-order chi connectivity index (χ0) is 10.1. The number of hydrogen-bond donors (Lipinski definition) is 1. The van der Waals surface area contributed by atoms with E-state index in [9.17, 15) is 0 Å². The first-order valence-corrected chi connectivity index (χ1v) is 5.39. The maximum absolute atomic E-state index is 4.33. The van der Waals surface area contributed by atoms with Crippen LogP contribution in [0.25, 0.3) is 0 Å². The molecular weight excluding hydrogens is 174 g/mol. The predicted octanol–water partition coefficient (Wildman–Crippen LogP) is 1.62. The van der Waals surface area contributed by atoms with Gasteiger partial charge in [-0.05, 0) is 38.7 Å². The van der Waals surface area contributed by atoms with Gasteiger partial charge in [-0.3, -0.25) is 4.68 Å². The fourth-order valence-corrected chi connectivity index (χ4v) is 1.86. The van der Waals surface area contributed by atoms with Crippen LogP contribution in [0.1, 0.15) is 31.2 Å². The number of nitrogens with zero attached hydrogens (tertiary/aromatic N) is 2. The van der Waals surface area contributed by atoms with E-state index >= 15 is 0 Å². The molecule has 78 valence electrons. The van der Waals surface area contributed by atoms with E-state index in [-0.39, 0.29) is 0 Å². The van der Waals surface area contributed by atoms with E-state index in [1.807, 2.05) is 18.7 Å². The lowest BCUT2D eigenvalue weighted by atomic mass is 10.2. The van der Waals surface area contributed by atoms with Crippen LogP contribution in [-0.2, 0) is 13.6 Å².